The molecule has 0 aliphatic heterocycles. The number of methoxy groups -OCH3 is 1. The van der Waals surface area contributed by atoms with E-state index in [4.69, 9.17) is 9.84 Å². The summed E-state index contributed by atoms with van der Waals surface area (Å²) in [5.74, 6) is -0.992. The molecule has 5 nitrogen and oxygen atoms in total. The van der Waals surface area contributed by atoms with Crippen LogP contribution in [0.1, 0.15) is 15.4 Å². The number of rotatable bonds is 4. The molecular formula is C11H9BrN2O3S. The van der Waals surface area contributed by atoms with Crippen LogP contribution in [0.15, 0.2) is 22.9 Å². The Bertz CT molecular complexity index is 585. The standard InChI is InChI=1S/C11H9BrN2O3S/c1-17-5-8-9(11(15)16)18-10(14-8)6-2-7(12)4-13-3-6/h2-4H,5H2,1H3,(H,15,16). The van der Waals surface area contributed by atoms with Crippen LogP contribution in [0.3, 0.4) is 0 Å². The zero-order valence-electron chi connectivity index (χ0n) is 9.38. The summed E-state index contributed by atoms with van der Waals surface area (Å²) in [6.07, 6.45) is 3.30. The number of pyridine rings is 1. The van der Waals surface area contributed by atoms with Crippen molar-refractivity contribution in [2.45, 2.75) is 6.61 Å². The van der Waals surface area contributed by atoms with E-state index in [1.54, 1.807) is 12.4 Å². The van der Waals surface area contributed by atoms with E-state index in [2.05, 4.69) is 25.9 Å². The summed E-state index contributed by atoms with van der Waals surface area (Å²) in [6, 6.07) is 1.84. The highest BCUT2D eigenvalue weighted by atomic mass is 79.9. The maximum atomic E-state index is 11.1. The summed E-state index contributed by atoms with van der Waals surface area (Å²) >= 11 is 4.44. The molecule has 2 aromatic rings. The van der Waals surface area contributed by atoms with E-state index in [0.717, 1.165) is 21.4 Å². The number of ether oxygens (including phenoxy) is 1. The van der Waals surface area contributed by atoms with E-state index in [1.165, 1.54) is 7.11 Å². The number of carboxylic acid groups (broad SMARTS) is 1. The fourth-order valence-corrected chi connectivity index (χ4v) is 2.66. The number of hydrogen-bond donors (Lipinski definition) is 1. The van der Waals surface area contributed by atoms with Crippen molar-refractivity contribution in [2.24, 2.45) is 0 Å². The van der Waals surface area contributed by atoms with Crippen LogP contribution in [0.4, 0.5) is 0 Å². The molecule has 0 aliphatic carbocycles. The van der Waals surface area contributed by atoms with Gasteiger partial charge in [0.15, 0.2) is 0 Å². The number of carbonyl (C=O) groups is 1. The van der Waals surface area contributed by atoms with E-state index < -0.39 is 5.97 Å². The van der Waals surface area contributed by atoms with Gasteiger partial charge in [-0.05, 0) is 22.0 Å². The second-order valence-corrected chi connectivity index (χ2v) is 5.34. The largest absolute Gasteiger partial charge is 0.477 e. The highest BCUT2D eigenvalue weighted by molar-refractivity contribution is 9.10. The van der Waals surface area contributed by atoms with Crippen molar-refractivity contribution in [1.82, 2.24) is 9.97 Å². The molecule has 0 amide bonds. The predicted molar refractivity (Wildman–Crippen MR) is 70.7 cm³/mol. The summed E-state index contributed by atoms with van der Waals surface area (Å²) in [5.41, 5.74) is 1.21. The van der Waals surface area contributed by atoms with Gasteiger partial charge in [-0.3, -0.25) is 4.98 Å². The SMILES string of the molecule is COCc1nc(-c2cncc(Br)c2)sc1C(=O)O. The highest BCUT2D eigenvalue weighted by Gasteiger charge is 2.18. The second kappa shape index (κ2) is 5.55. The van der Waals surface area contributed by atoms with Gasteiger partial charge in [0.2, 0.25) is 0 Å². The lowest BCUT2D eigenvalue weighted by Crippen LogP contribution is -1.99. The summed E-state index contributed by atoms with van der Waals surface area (Å²) in [7, 11) is 1.51. The Hall–Kier alpha value is -1.31. The van der Waals surface area contributed by atoms with Crippen molar-refractivity contribution in [1.29, 1.82) is 0 Å². The summed E-state index contributed by atoms with van der Waals surface area (Å²) in [4.78, 5) is 19.6. The van der Waals surface area contributed by atoms with Gasteiger partial charge in [0.25, 0.3) is 0 Å². The molecule has 94 valence electrons. The van der Waals surface area contributed by atoms with Crippen LogP contribution in [0.25, 0.3) is 10.6 Å². The van der Waals surface area contributed by atoms with Gasteiger partial charge in [0.1, 0.15) is 9.88 Å². The number of aromatic nitrogens is 2. The first kappa shape index (κ1) is 13.1. The number of thiazole rings is 1. The molecule has 0 aromatic carbocycles. The number of halogens is 1. The molecule has 0 radical (unpaired) electrons. The van der Waals surface area contributed by atoms with Gasteiger partial charge in [0.05, 0.1) is 12.3 Å². The third-order valence-corrected chi connectivity index (χ3v) is 3.69. The Morgan fingerprint density at radius 2 is 2.33 bits per heavy atom. The molecule has 0 spiro atoms. The normalized spacial score (nSPS) is 10.6. The third-order valence-electron chi connectivity index (χ3n) is 2.12. The second-order valence-electron chi connectivity index (χ2n) is 3.42. The molecule has 18 heavy (non-hydrogen) atoms. The van der Waals surface area contributed by atoms with Crippen molar-refractivity contribution in [3.63, 3.8) is 0 Å². The van der Waals surface area contributed by atoms with Crippen LogP contribution < -0.4 is 0 Å². The van der Waals surface area contributed by atoms with Gasteiger partial charge in [-0.15, -0.1) is 11.3 Å². The molecule has 1 N–H and O–H groups in total. The van der Waals surface area contributed by atoms with Crippen molar-refractivity contribution in [3.8, 4) is 10.6 Å². The number of aromatic carboxylic acids is 1. The molecule has 0 bridgehead atoms. The van der Waals surface area contributed by atoms with Crippen molar-refractivity contribution in [3.05, 3.63) is 33.5 Å². The Morgan fingerprint density at radius 3 is 2.94 bits per heavy atom. The Morgan fingerprint density at radius 1 is 1.56 bits per heavy atom. The maximum Gasteiger partial charge on any atom is 0.347 e. The van der Waals surface area contributed by atoms with Crippen LogP contribution in [0.5, 0.6) is 0 Å². The molecule has 7 heteroatoms. The summed E-state index contributed by atoms with van der Waals surface area (Å²) in [5, 5.41) is 9.72. The van der Waals surface area contributed by atoms with Crippen LogP contribution in [-0.4, -0.2) is 28.2 Å². The van der Waals surface area contributed by atoms with Crippen molar-refractivity contribution < 1.29 is 14.6 Å². The average Bonchev–Trinajstić information content (AvgIpc) is 2.74. The number of carboxylic acids is 1. The van der Waals surface area contributed by atoms with E-state index in [9.17, 15) is 4.79 Å². The van der Waals surface area contributed by atoms with E-state index in [0.29, 0.717) is 10.7 Å². The molecule has 2 aromatic heterocycles. The first-order chi connectivity index (χ1) is 8.61. The van der Waals surface area contributed by atoms with Crippen LogP contribution >= 0.6 is 27.3 Å². The lowest BCUT2D eigenvalue weighted by molar-refractivity contribution is 0.0697. The van der Waals surface area contributed by atoms with Gasteiger partial charge in [0, 0.05) is 29.5 Å². The third kappa shape index (κ3) is 2.74. The first-order valence-corrected chi connectivity index (χ1v) is 6.55. The fourth-order valence-electron chi connectivity index (χ4n) is 1.41. The van der Waals surface area contributed by atoms with Crippen LogP contribution in [0.2, 0.25) is 0 Å². The first-order valence-electron chi connectivity index (χ1n) is 4.94. The number of nitrogens with zero attached hydrogens (tertiary/aromatic N) is 2. The lowest BCUT2D eigenvalue weighted by atomic mass is 10.3. The maximum absolute atomic E-state index is 11.1. The number of hydrogen-bond acceptors (Lipinski definition) is 5. The van der Waals surface area contributed by atoms with Crippen LogP contribution in [0, 0.1) is 0 Å². The molecule has 0 unspecified atom stereocenters. The molecule has 0 atom stereocenters. The molecule has 0 saturated carbocycles. The minimum absolute atomic E-state index is 0.180. The molecule has 2 rings (SSSR count). The average molecular weight is 329 g/mol. The minimum atomic E-state index is -0.992. The smallest absolute Gasteiger partial charge is 0.347 e. The predicted octanol–water partition coefficient (Wildman–Crippen LogP) is 2.81. The van der Waals surface area contributed by atoms with E-state index >= 15 is 0 Å². The summed E-state index contributed by atoms with van der Waals surface area (Å²) < 4.78 is 5.77. The zero-order valence-corrected chi connectivity index (χ0v) is 11.8. The summed E-state index contributed by atoms with van der Waals surface area (Å²) in [6.45, 7) is 0.180. The minimum Gasteiger partial charge on any atom is -0.477 e. The fraction of sp³-hybridized carbons (Fsp3) is 0.182. The highest BCUT2D eigenvalue weighted by Crippen LogP contribution is 2.29. The van der Waals surface area contributed by atoms with Gasteiger partial charge in [-0.25, -0.2) is 9.78 Å². The van der Waals surface area contributed by atoms with Crippen molar-refractivity contribution >= 4 is 33.2 Å². The molecule has 2 heterocycles. The van der Waals surface area contributed by atoms with Gasteiger partial charge in [-0.1, -0.05) is 0 Å². The Balaban J connectivity index is 2.46. The van der Waals surface area contributed by atoms with E-state index in [1.807, 2.05) is 6.07 Å². The van der Waals surface area contributed by atoms with Crippen LogP contribution in [-0.2, 0) is 11.3 Å². The van der Waals surface area contributed by atoms with E-state index in [-0.39, 0.29) is 11.5 Å². The molecule has 0 saturated heterocycles. The molecule has 0 fully saturated rings. The lowest BCUT2D eigenvalue weighted by Gasteiger charge is -1.96. The quantitative estimate of drug-likeness (QED) is 0.934. The van der Waals surface area contributed by atoms with Gasteiger partial charge >= 0.3 is 5.97 Å². The van der Waals surface area contributed by atoms with Gasteiger partial charge < -0.3 is 9.84 Å². The van der Waals surface area contributed by atoms with Crippen molar-refractivity contribution in [2.75, 3.05) is 7.11 Å². The zero-order chi connectivity index (χ0) is 13.1. The molecule has 0 aliphatic rings. The Labute approximate surface area is 116 Å². The molecular weight excluding hydrogens is 320 g/mol. The monoisotopic (exact) mass is 328 g/mol. The topological polar surface area (TPSA) is 72.3 Å². The van der Waals surface area contributed by atoms with Gasteiger partial charge in [-0.2, -0.15) is 0 Å². The Kier molecular flexibility index (Phi) is 4.05.